The van der Waals surface area contributed by atoms with Crippen molar-refractivity contribution in [2.75, 3.05) is 37.5 Å². The fourth-order valence-corrected chi connectivity index (χ4v) is 4.78. The van der Waals surface area contributed by atoms with E-state index in [0.29, 0.717) is 25.9 Å². The third-order valence-electron chi connectivity index (χ3n) is 5.60. The summed E-state index contributed by atoms with van der Waals surface area (Å²) in [6.07, 6.45) is 2.93. The summed E-state index contributed by atoms with van der Waals surface area (Å²) in [5.41, 5.74) is 2.71. The molecule has 3 rings (SSSR count). The summed E-state index contributed by atoms with van der Waals surface area (Å²) >= 11 is 1.60. The first-order chi connectivity index (χ1) is 15.6. The van der Waals surface area contributed by atoms with Crippen LogP contribution in [0.25, 0.3) is 0 Å². The van der Waals surface area contributed by atoms with Gasteiger partial charge in [0.25, 0.3) is 0 Å². The minimum absolute atomic E-state index is 0.00367. The first-order valence-electron chi connectivity index (χ1n) is 11.6. The van der Waals surface area contributed by atoms with E-state index in [4.69, 9.17) is 4.74 Å². The monoisotopic (exact) mass is 471 g/mol. The smallest absolute Gasteiger partial charge is 0.228 e. The molecule has 0 radical (unpaired) electrons. The summed E-state index contributed by atoms with van der Waals surface area (Å²) in [6.45, 7) is 7.97. The third kappa shape index (κ3) is 7.86. The first-order valence-corrected chi connectivity index (χ1v) is 12.5. The number of anilines is 2. The Morgan fingerprint density at radius 2 is 2.00 bits per heavy atom. The normalized spacial score (nSPS) is 16.0. The molecule has 0 aliphatic carbocycles. The standard InChI is InChI=1S/C26H37N3O3S/c1-26(2,3)16-24(30)27-20-10-11-23(28(4)5)19(14-20)17-29(18-21-8-6-12-32-21)25(31)15-22-9-7-13-33-22/h7,9-11,13-14,21H,6,8,12,15-18H2,1-5H3,(H,27,30). The second-order valence-electron chi connectivity index (χ2n) is 10.2. The van der Waals surface area contributed by atoms with Gasteiger partial charge in [0, 0.05) is 56.5 Å². The van der Waals surface area contributed by atoms with Crippen molar-refractivity contribution >= 4 is 34.5 Å². The molecular formula is C26H37N3O3S. The highest BCUT2D eigenvalue weighted by Gasteiger charge is 2.24. The lowest BCUT2D eigenvalue weighted by Gasteiger charge is -2.28. The molecule has 0 bridgehead atoms. The summed E-state index contributed by atoms with van der Waals surface area (Å²) in [5.74, 6) is 0.0934. The van der Waals surface area contributed by atoms with Gasteiger partial charge in [-0.15, -0.1) is 11.3 Å². The Morgan fingerprint density at radius 3 is 2.61 bits per heavy atom. The maximum Gasteiger partial charge on any atom is 0.228 e. The Hall–Kier alpha value is -2.38. The minimum Gasteiger partial charge on any atom is -0.377 e. The Morgan fingerprint density at radius 1 is 1.21 bits per heavy atom. The van der Waals surface area contributed by atoms with Crippen LogP contribution in [-0.4, -0.2) is 50.1 Å². The molecule has 33 heavy (non-hydrogen) atoms. The summed E-state index contributed by atoms with van der Waals surface area (Å²) in [7, 11) is 3.99. The van der Waals surface area contributed by atoms with Crippen molar-refractivity contribution in [1.82, 2.24) is 4.90 Å². The van der Waals surface area contributed by atoms with E-state index in [1.54, 1.807) is 11.3 Å². The summed E-state index contributed by atoms with van der Waals surface area (Å²) in [6, 6.07) is 9.92. The molecule has 1 atom stereocenters. The Bertz CT molecular complexity index is 929. The molecule has 7 heteroatoms. The van der Waals surface area contributed by atoms with Gasteiger partial charge in [0.2, 0.25) is 11.8 Å². The predicted molar refractivity (Wildman–Crippen MR) is 136 cm³/mol. The Labute approximate surface area is 201 Å². The van der Waals surface area contributed by atoms with Crippen LogP contribution < -0.4 is 10.2 Å². The van der Waals surface area contributed by atoms with Crippen LogP contribution in [-0.2, 0) is 27.3 Å². The van der Waals surface area contributed by atoms with E-state index in [9.17, 15) is 9.59 Å². The molecule has 2 heterocycles. The number of nitrogens with zero attached hydrogens (tertiary/aromatic N) is 2. The molecule has 1 unspecified atom stereocenters. The predicted octanol–water partition coefficient (Wildman–Crippen LogP) is 4.94. The van der Waals surface area contributed by atoms with Gasteiger partial charge in [-0.2, -0.15) is 0 Å². The molecule has 180 valence electrons. The fourth-order valence-electron chi connectivity index (χ4n) is 4.08. The van der Waals surface area contributed by atoms with Gasteiger partial charge in [-0.25, -0.2) is 0 Å². The van der Waals surface area contributed by atoms with E-state index < -0.39 is 0 Å². The number of rotatable bonds is 9. The second-order valence-corrected chi connectivity index (χ2v) is 11.2. The number of amides is 2. The topological polar surface area (TPSA) is 61.9 Å². The van der Waals surface area contributed by atoms with Crippen LogP contribution in [0, 0.1) is 5.41 Å². The fraction of sp³-hybridized carbons (Fsp3) is 0.538. The van der Waals surface area contributed by atoms with Gasteiger partial charge in [-0.3, -0.25) is 9.59 Å². The van der Waals surface area contributed by atoms with Crippen molar-refractivity contribution in [3.05, 3.63) is 46.2 Å². The molecule has 1 saturated heterocycles. The number of nitrogens with one attached hydrogen (secondary N) is 1. The van der Waals surface area contributed by atoms with E-state index in [-0.39, 0.29) is 23.3 Å². The molecule has 2 amide bonds. The van der Waals surface area contributed by atoms with Crippen LogP contribution >= 0.6 is 11.3 Å². The van der Waals surface area contributed by atoms with Crippen LogP contribution in [0.3, 0.4) is 0 Å². The first kappa shape index (κ1) is 25.2. The molecule has 0 saturated carbocycles. The quantitative estimate of drug-likeness (QED) is 0.563. The van der Waals surface area contributed by atoms with E-state index in [0.717, 1.165) is 41.3 Å². The van der Waals surface area contributed by atoms with Crippen molar-refractivity contribution in [3.8, 4) is 0 Å². The lowest BCUT2D eigenvalue weighted by atomic mass is 9.92. The SMILES string of the molecule is CN(C)c1ccc(NC(=O)CC(C)(C)C)cc1CN(CC1CCCO1)C(=O)Cc1cccs1. The maximum atomic E-state index is 13.3. The van der Waals surface area contributed by atoms with E-state index in [1.165, 1.54) is 0 Å². The molecule has 6 nitrogen and oxygen atoms in total. The van der Waals surface area contributed by atoms with Crippen LogP contribution in [0.2, 0.25) is 0 Å². The molecule has 1 aromatic carbocycles. The van der Waals surface area contributed by atoms with Gasteiger partial charge in [0.1, 0.15) is 0 Å². The summed E-state index contributed by atoms with van der Waals surface area (Å²) < 4.78 is 5.85. The third-order valence-corrected chi connectivity index (χ3v) is 6.48. The van der Waals surface area contributed by atoms with Crippen molar-refractivity contribution in [2.45, 2.75) is 59.1 Å². The van der Waals surface area contributed by atoms with Gasteiger partial charge >= 0.3 is 0 Å². The largest absolute Gasteiger partial charge is 0.377 e. The van der Waals surface area contributed by atoms with E-state index in [2.05, 4.69) is 26.1 Å². The minimum atomic E-state index is -0.0806. The lowest BCUT2D eigenvalue weighted by molar-refractivity contribution is -0.132. The zero-order chi connectivity index (χ0) is 24.0. The zero-order valence-electron chi connectivity index (χ0n) is 20.5. The number of carbonyl (C=O) groups is 2. The lowest BCUT2D eigenvalue weighted by Crippen LogP contribution is -2.38. The van der Waals surface area contributed by atoms with Crippen molar-refractivity contribution in [2.24, 2.45) is 5.41 Å². The number of thiophene rings is 1. The molecule has 1 aromatic heterocycles. The highest BCUT2D eigenvalue weighted by molar-refractivity contribution is 7.10. The van der Waals surface area contributed by atoms with Crippen LogP contribution in [0.4, 0.5) is 11.4 Å². The van der Waals surface area contributed by atoms with Gasteiger partial charge in [0.05, 0.1) is 12.5 Å². The molecule has 0 spiro atoms. The molecule has 1 N–H and O–H groups in total. The van der Waals surface area contributed by atoms with Crippen molar-refractivity contribution in [1.29, 1.82) is 0 Å². The van der Waals surface area contributed by atoms with Gasteiger partial charge in [-0.05, 0) is 53.5 Å². The maximum absolute atomic E-state index is 13.3. The van der Waals surface area contributed by atoms with Crippen LogP contribution in [0.1, 0.15) is 50.5 Å². The zero-order valence-corrected chi connectivity index (χ0v) is 21.3. The average molecular weight is 472 g/mol. The number of hydrogen-bond donors (Lipinski definition) is 1. The summed E-state index contributed by atoms with van der Waals surface area (Å²) in [4.78, 5) is 30.8. The number of carbonyl (C=O) groups excluding carboxylic acids is 2. The van der Waals surface area contributed by atoms with Crippen LogP contribution in [0.15, 0.2) is 35.7 Å². The summed E-state index contributed by atoms with van der Waals surface area (Å²) in [5, 5.41) is 5.03. The van der Waals surface area contributed by atoms with Gasteiger partial charge in [0.15, 0.2) is 0 Å². The van der Waals surface area contributed by atoms with Crippen LogP contribution in [0.5, 0.6) is 0 Å². The van der Waals surface area contributed by atoms with E-state index >= 15 is 0 Å². The molecule has 1 aliphatic heterocycles. The Kier molecular flexibility index (Phi) is 8.54. The number of benzene rings is 1. The molecular weight excluding hydrogens is 434 g/mol. The number of hydrogen-bond acceptors (Lipinski definition) is 5. The second kappa shape index (κ2) is 11.2. The molecule has 1 fully saturated rings. The highest BCUT2D eigenvalue weighted by atomic mass is 32.1. The highest BCUT2D eigenvalue weighted by Crippen LogP contribution is 2.27. The van der Waals surface area contributed by atoms with E-state index in [1.807, 2.05) is 59.6 Å². The van der Waals surface area contributed by atoms with Crippen molar-refractivity contribution in [3.63, 3.8) is 0 Å². The molecule has 1 aliphatic rings. The Balaban J connectivity index is 1.82. The van der Waals surface area contributed by atoms with Gasteiger partial charge in [-0.1, -0.05) is 26.8 Å². The van der Waals surface area contributed by atoms with Crippen molar-refractivity contribution < 1.29 is 14.3 Å². The number of ether oxygens (including phenoxy) is 1. The molecule has 2 aromatic rings. The van der Waals surface area contributed by atoms with Gasteiger partial charge < -0.3 is 19.9 Å². The average Bonchev–Trinajstić information content (AvgIpc) is 3.40.